The second-order valence-corrected chi connectivity index (χ2v) is 5.51. The molecule has 2 saturated heterocycles. The number of carbonyl (C=O) groups is 1. The molecule has 2 amide bonds. The number of nitrogens with zero attached hydrogens (tertiary/aromatic N) is 3. The standard InChI is InChI=1S/C14H27N3O/c1-2-7-15-10-12-17(13-11-15)14(18)16-8-5-3-4-6-9-16/h2-13H2,1H3. The van der Waals surface area contributed by atoms with Gasteiger partial charge in [-0.25, -0.2) is 4.79 Å². The third-order valence-electron chi connectivity index (χ3n) is 4.06. The van der Waals surface area contributed by atoms with Gasteiger partial charge in [-0.3, -0.25) is 4.90 Å². The van der Waals surface area contributed by atoms with E-state index in [-0.39, 0.29) is 6.03 Å². The fraction of sp³-hybridized carbons (Fsp3) is 0.929. The molecule has 2 rings (SSSR count). The second-order valence-electron chi connectivity index (χ2n) is 5.51. The fourth-order valence-corrected chi connectivity index (χ4v) is 2.94. The van der Waals surface area contributed by atoms with Crippen molar-refractivity contribution in [3.63, 3.8) is 0 Å². The van der Waals surface area contributed by atoms with Crippen molar-refractivity contribution in [2.75, 3.05) is 45.8 Å². The summed E-state index contributed by atoms with van der Waals surface area (Å²) < 4.78 is 0. The highest BCUT2D eigenvalue weighted by atomic mass is 16.2. The molecule has 0 bridgehead atoms. The van der Waals surface area contributed by atoms with Crippen molar-refractivity contribution in [1.29, 1.82) is 0 Å². The first kappa shape index (κ1) is 13.7. The molecule has 0 N–H and O–H groups in total. The van der Waals surface area contributed by atoms with Crippen molar-refractivity contribution in [3.05, 3.63) is 0 Å². The number of piperazine rings is 1. The summed E-state index contributed by atoms with van der Waals surface area (Å²) in [6.45, 7) is 9.24. The molecule has 0 radical (unpaired) electrons. The second kappa shape index (κ2) is 6.98. The van der Waals surface area contributed by atoms with Gasteiger partial charge in [0.05, 0.1) is 0 Å². The van der Waals surface area contributed by atoms with Crippen molar-refractivity contribution in [1.82, 2.24) is 14.7 Å². The predicted molar refractivity (Wildman–Crippen MR) is 73.7 cm³/mol. The van der Waals surface area contributed by atoms with Crippen molar-refractivity contribution in [2.45, 2.75) is 39.0 Å². The minimum Gasteiger partial charge on any atom is -0.325 e. The van der Waals surface area contributed by atoms with Crippen LogP contribution in [0.1, 0.15) is 39.0 Å². The molecule has 104 valence electrons. The molecule has 4 nitrogen and oxygen atoms in total. The molecule has 2 aliphatic rings. The van der Waals surface area contributed by atoms with Crippen LogP contribution in [0.15, 0.2) is 0 Å². The third kappa shape index (κ3) is 3.61. The monoisotopic (exact) mass is 253 g/mol. The van der Waals surface area contributed by atoms with E-state index in [0.29, 0.717) is 0 Å². The Balaban J connectivity index is 1.79. The lowest BCUT2D eigenvalue weighted by atomic mass is 10.2. The first-order valence-electron chi connectivity index (χ1n) is 7.57. The molecule has 4 heteroatoms. The number of amides is 2. The lowest BCUT2D eigenvalue weighted by Gasteiger charge is -2.37. The first-order chi connectivity index (χ1) is 8.81. The van der Waals surface area contributed by atoms with Gasteiger partial charge in [0, 0.05) is 39.3 Å². The van der Waals surface area contributed by atoms with Crippen LogP contribution < -0.4 is 0 Å². The van der Waals surface area contributed by atoms with Crippen LogP contribution in [0.2, 0.25) is 0 Å². The zero-order valence-electron chi connectivity index (χ0n) is 11.7. The normalized spacial score (nSPS) is 22.9. The van der Waals surface area contributed by atoms with Gasteiger partial charge in [0.1, 0.15) is 0 Å². The third-order valence-corrected chi connectivity index (χ3v) is 4.06. The summed E-state index contributed by atoms with van der Waals surface area (Å²) in [5.41, 5.74) is 0. The van der Waals surface area contributed by atoms with Crippen LogP contribution in [0, 0.1) is 0 Å². The number of hydrogen-bond donors (Lipinski definition) is 0. The number of carbonyl (C=O) groups excluding carboxylic acids is 1. The number of likely N-dealkylation sites (tertiary alicyclic amines) is 1. The highest BCUT2D eigenvalue weighted by Gasteiger charge is 2.25. The summed E-state index contributed by atoms with van der Waals surface area (Å²) in [5.74, 6) is 0. The molecule has 0 aliphatic carbocycles. The molecule has 2 aliphatic heterocycles. The van der Waals surface area contributed by atoms with Crippen LogP contribution in [0.4, 0.5) is 4.79 Å². The Hall–Kier alpha value is -0.770. The number of urea groups is 1. The van der Waals surface area contributed by atoms with Gasteiger partial charge in [-0.2, -0.15) is 0 Å². The maximum absolute atomic E-state index is 12.4. The topological polar surface area (TPSA) is 26.8 Å². The summed E-state index contributed by atoms with van der Waals surface area (Å²) in [6, 6.07) is 0.285. The summed E-state index contributed by atoms with van der Waals surface area (Å²) in [4.78, 5) is 19.0. The van der Waals surface area contributed by atoms with Gasteiger partial charge in [0.25, 0.3) is 0 Å². The van der Waals surface area contributed by atoms with Gasteiger partial charge in [0.2, 0.25) is 0 Å². The predicted octanol–water partition coefficient (Wildman–Crippen LogP) is 2.01. The maximum Gasteiger partial charge on any atom is 0.320 e. The van der Waals surface area contributed by atoms with E-state index in [0.717, 1.165) is 39.3 Å². The molecule has 2 fully saturated rings. The van der Waals surface area contributed by atoms with Crippen LogP contribution in [0.5, 0.6) is 0 Å². The van der Waals surface area contributed by atoms with Crippen LogP contribution in [-0.2, 0) is 0 Å². The Labute approximate surface area is 111 Å². The SMILES string of the molecule is CCCN1CCN(C(=O)N2CCCCCC2)CC1. The molecular formula is C14H27N3O. The smallest absolute Gasteiger partial charge is 0.320 e. The van der Waals surface area contributed by atoms with Crippen LogP contribution in [-0.4, -0.2) is 66.5 Å². The zero-order valence-corrected chi connectivity index (χ0v) is 11.7. The molecule has 0 saturated carbocycles. The van der Waals surface area contributed by atoms with Gasteiger partial charge in [0.15, 0.2) is 0 Å². The van der Waals surface area contributed by atoms with E-state index in [2.05, 4.69) is 21.6 Å². The molecule has 18 heavy (non-hydrogen) atoms. The van der Waals surface area contributed by atoms with E-state index < -0.39 is 0 Å². The lowest BCUT2D eigenvalue weighted by molar-refractivity contribution is 0.113. The highest BCUT2D eigenvalue weighted by molar-refractivity contribution is 5.74. The van der Waals surface area contributed by atoms with Crippen molar-refractivity contribution in [3.8, 4) is 0 Å². The molecular weight excluding hydrogens is 226 g/mol. The van der Waals surface area contributed by atoms with E-state index in [4.69, 9.17) is 0 Å². The van der Waals surface area contributed by atoms with Crippen molar-refractivity contribution >= 4 is 6.03 Å². The van der Waals surface area contributed by atoms with E-state index in [9.17, 15) is 4.79 Å². The van der Waals surface area contributed by atoms with Crippen molar-refractivity contribution < 1.29 is 4.79 Å². The average molecular weight is 253 g/mol. The minimum atomic E-state index is 0.285. The molecule has 2 heterocycles. The molecule has 0 spiro atoms. The first-order valence-corrected chi connectivity index (χ1v) is 7.57. The molecule has 0 aromatic carbocycles. The van der Waals surface area contributed by atoms with Gasteiger partial charge < -0.3 is 9.80 Å². The zero-order chi connectivity index (χ0) is 12.8. The summed E-state index contributed by atoms with van der Waals surface area (Å²) in [5, 5.41) is 0. The molecule has 0 aromatic heterocycles. The Kier molecular flexibility index (Phi) is 5.29. The molecule has 0 unspecified atom stereocenters. The van der Waals surface area contributed by atoms with E-state index in [1.165, 1.54) is 38.6 Å². The summed E-state index contributed by atoms with van der Waals surface area (Å²) >= 11 is 0. The number of rotatable bonds is 2. The van der Waals surface area contributed by atoms with Crippen LogP contribution >= 0.6 is 0 Å². The molecule has 0 atom stereocenters. The van der Waals surface area contributed by atoms with E-state index in [1.54, 1.807) is 0 Å². The van der Waals surface area contributed by atoms with E-state index in [1.807, 2.05) is 0 Å². The quantitative estimate of drug-likeness (QED) is 0.752. The average Bonchev–Trinajstić information content (AvgIpc) is 2.68. The van der Waals surface area contributed by atoms with Gasteiger partial charge >= 0.3 is 6.03 Å². The summed E-state index contributed by atoms with van der Waals surface area (Å²) in [6.07, 6.45) is 6.14. The number of hydrogen-bond acceptors (Lipinski definition) is 2. The van der Waals surface area contributed by atoms with Gasteiger partial charge in [-0.15, -0.1) is 0 Å². The Morgan fingerprint density at radius 1 is 0.833 bits per heavy atom. The van der Waals surface area contributed by atoms with Crippen molar-refractivity contribution in [2.24, 2.45) is 0 Å². The minimum absolute atomic E-state index is 0.285. The van der Waals surface area contributed by atoms with Gasteiger partial charge in [-0.05, 0) is 25.8 Å². The Morgan fingerprint density at radius 2 is 1.39 bits per heavy atom. The van der Waals surface area contributed by atoms with Crippen LogP contribution in [0.25, 0.3) is 0 Å². The largest absolute Gasteiger partial charge is 0.325 e. The highest BCUT2D eigenvalue weighted by Crippen LogP contribution is 2.13. The fourth-order valence-electron chi connectivity index (χ4n) is 2.94. The maximum atomic E-state index is 12.4. The summed E-state index contributed by atoms with van der Waals surface area (Å²) in [7, 11) is 0. The Bertz CT molecular complexity index is 254. The van der Waals surface area contributed by atoms with Crippen LogP contribution in [0.3, 0.4) is 0 Å². The van der Waals surface area contributed by atoms with Gasteiger partial charge in [-0.1, -0.05) is 19.8 Å². The van der Waals surface area contributed by atoms with E-state index >= 15 is 0 Å². The Morgan fingerprint density at radius 3 is 1.94 bits per heavy atom. The molecule has 0 aromatic rings. The lowest BCUT2D eigenvalue weighted by Crippen LogP contribution is -2.53.